The average Bonchev–Trinajstić information content (AvgIpc) is 3.22. The third kappa shape index (κ3) is 3.27. The van der Waals surface area contributed by atoms with Gasteiger partial charge in [-0.3, -0.25) is 5.01 Å². The zero-order chi connectivity index (χ0) is 20.3. The molecule has 5 heteroatoms. The highest BCUT2D eigenvalue weighted by Crippen LogP contribution is 2.38. The summed E-state index contributed by atoms with van der Waals surface area (Å²) in [4.78, 5) is 5.89. The Bertz CT molecular complexity index is 1050. The van der Waals surface area contributed by atoms with Gasteiger partial charge in [0.05, 0.1) is 17.3 Å². The molecule has 0 saturated carbocycles. The van der Waals surface area contributed by atoms with E-state index in [0.29, 0.717) is 6.61 Å². The summed E-state index contributed by atoms with van der Waals surface area (Å²) in [7, 11) is 0. The largest absolute Gasteiger partial charge is 0.362 e. The van der Waals surface area contributed by atoms with Gasteiger partial charge in [0.25, 0.3) is 0 Å². The van der Waals surface area contributed by atoms with E-state index in [1.807, 2.05) is 61.5 Å². The zero-order valence-electron chi connectivity index (χ0n) is 16.8. The van der Waals surface area contributed by atoms with Crippen molar-refractivity contribution in [1.29, 1.82) is 0 Å². The van der Waals surface area contributed by atoms with Crippen LogP contribution in [0.2, 0.25) is 0 Å². The Hall–Kier alpha value is -3.44. The highest BCUT2D eigenvalue weighted by atomic mass is 16.8. The van der Waals surface area contributed by atoms with Gasteiger partial charge in [-0.15, -0.1) is 0 Å². The van der Waals surface area contributed by atoms with Gasteiger partial charge in [0.15, 0.2) is 0 Å². The van der Waals surface area contributed by atoms with Crippen LogP contribution < -0.4 is 5.01 Å². The van der Waals surface area contributed by atoms with Crippen molar-refractivity contribution in [2.45, 2.75) is 19.3 Å². The molecule has 0 aromatic heterocycles. The Morgan fingerprint density at radius 1 is 0.800 bits per heavy atom. The maximum absolute atomic E-state index is 5.98. The number of fused-ring (bicyclic) bond motifs is 1. The van der Waals surface area contributed by atoms with Crippen molar-refractivity contribution in [3.05, 3.63) is 102 Å². The molecule has 0 aliphatic carbocycles. The number of oxime groups is 1. The first-order valence-corrected chi connectivity index (χ1v) is 10.3. The summed E-state index contributed by atoms with van der Waals surface area (Å²) in [6, 6.07) is 30.5. The molecule has 0 spiro atoms. The van der Waals surface area contributed by atoms with Gasteiger partial charge in [-0.05, 0) is 24.6 Å². The van der Waals surface area contributed by atoms with Crippen molar-refractivity contribution in [3.8, 4) is 0 Å². The van der Waals surface area contributed by atoms with Gasteiger partial charge in [-0.25, -0.2) is 0 Å². The van der Waals surface area contributed by atoms with Crippen molar-refractivity contribution in [1.82, 2.24) is 0 Å². The Morgan fingerprint density at radius 3 is 1.97 bits per heavy atom. The first kappa shape index (κ1) is 18.6. The molecule has 0 N–H and O–H groups in total. The molecule has 0 bridgehead atoms. The lowest BCUT2D eigenvalue weighted by Gasteiger charge is -2.35. The van der Waals surface area contributed by atoms with Gasteiger partial charge in [-0.2, -0.15) is 5.10 Å². The van der Waals surface area contributed by atoms with Crippen LogP contribution in [0.15, 0.2) is 101 Å². The SMILES string of the molecule is CCO[C@@H]1ON=C(c2ccccc2)[C@@H]2[C@H]1C(c1ccccc1)=NN2c1ccccc1. The van der Waals surface area contributed by atoms with Crippen LogP contribution in [0.25, 0.3) is 0 Å². The fourth-order valence-corrected chi connectivity index (χ4v) is 4.13. The lowest BCUT2D eigenvalue weighted by atomic mass is 9.85. The molecular formula is C25H23N3O2. The second kappa shape index (κ2) is 8.13. The van der Waals surface area contributed by atoms with Crippen molar-refractivity contribution < 1.29 is 9.57 Å². The van der Waals surface area contributed by atoms with Crippen molar-refractivity contribution in [2.24, 2.45) is 16.2 Å². The Morgan fingerprint density at radius 2 is 1.37 bits per heavy atom. The molecule has 0 radical (unpaired) electrons. The third-order valence-electron chi connectivity index (χ3n) is 5.45. The predicted molar refractivity (Wildman–Crippen MR) is 119 cm³/mol. The van der Waals surface area contributed by atoms with E-state index in [0.717, 1.165) is 28.2 Å². The molecule has 3 aromatic carbocycles. The molecule has 2 aliphatic rings. The average molecular weight is 397 g/mol. The quantitative estimate of drug-likeness (QED) is 0.627. The summed E-state index contributed by atoms with van der Waals surface area (Å²) in [6.07, 6.45) is -0.500. The molecule has 3 aromatic rings. The molecule has 5 rings (SSSR count). The number of hydrogen-bond donors (Lipinski definition) is 0. The smallest absolute Gasteiger partial charge is 0.237 e. The van der Waals surface area contributed by atoms with Gasteiger partial charge in [-0.1, -0.05) is 84.0 Å². The van der Waals surface area contributed by atoms with Crippen LogP contribution in [0, 0.1) is 5.92 Å². The Balaban J connectivity index is 1.67. The van der Waals surface area contributed by atoms with E-state index in [1.54, 1.807) is 0 Å². The van der Waals surface area contributed by atoms with Gasteiger partial charge in [0.2, 0.25) is 6.29 Å². The van der Waals surface area contributed by atoms with Crippen LogP contribution in [0.1, 0.15) is 18.1 Å². The molecule has 30 heavy (non-hydrogen) atoms. The topological polar surface area (TPSA) is 46.4 Å². The number of benzene rings is 3. The summed E-state index contributed by atoms with van der Waals surface area (Å²) < 4.78 is 5.98. The molecule has 5 nitrogen and oxygen atoms in total. The molecule has 0 unspecified atom stereocenters. The zero-order valence-corrected chi connectivity index (χ0v) is 16.8. The molecule has 2 aliphatic heterocycles. The highest BCUT2D eigenvalue weighted by Gasteiger charge is 2.50. The third-order valence-corrected chi connectivity index (χ3v) is 5.45. The van der Waals surface area contributed by atoms with Crippen molar-refractivity contribution in [3.63, 3.8) is 0 Å². The van der Waals surface area contributed by atoms with E-state index in [2.05, 4.69) is 46.6 Å². The number of rotatable bonds is 5. The first-order chi connectivity index (χ1) is 14.9. The fourth-order valence-electron chi connectivity index (χ4n) is 4.13. The normalized spacial score (nSPS) is 22.7. The van der Waals surface area contributed by atoms with Crippen molar-refractivity contribution in [2.75, 3.05) is 11.6 Å². The van der Waals surface area contributed by atoms with E-state index in [9.17, 15) is 0 Å². The Kier molecular flexibility index (Phi) is 5.03. The van der Waals surface area contributed by atoms with Crippen LogP contribution in [-0.2, 0) is 9.57 Å². The minimum atomic E-state index is -0.500. The molecule has 2 heterocycles. The number of nitrogens with zero attached hydrogens (tertiary/aromatic N) is 3. The second-order valence-electron chi connectivity index (χ2n) is 7.27. The van der Waals surface area contributed by atoms with Crippen LogP contribution in [-0.4, -0.2) is 30.4 Å². The summed E-state index contributed by atoms with van der Waals surface area (Å²) in [5.74, 6) is -0.111. The number of anilines is 1. The van der Waals surface area contributed by atoms with Crippen LogP contribution in [0.4, 0.5) is 5.69 Å². The molecule has 0 saturated heterocycles. The molecule has 150 valence electrons. The maximum Gasteiger partial charge on any atom is 0.237 e. The lowest BCUT2D eigenvalue weighted by Crippen LogP contribution is -2.50. The van der Waals surface area contributed by atoms with Crippen molar-refractivity contribution >= 4 is 17.1 Å². The van der Waals surface area contributed by atoms with E-state index in [1.165, 1.54) is 0 Å². The number of hydrogen-bond acceptors (Lipinski definition) is 5. The van der Waals surface area contributed by atoms with Crippen LogP contribution in [0.3, 0.4) is 0 Å². The second-order valence-corrected chi connectivity index (χ2v) is 7.27. The van der Waals surface area contributed by atoms with Gasteiger partial charge in [0, 0.05) is 12.2 Å². The molecule has 3 atom stereocenters. The molecule has 0 fully saturated rings. The number of hydrazone groups is 1. The van der Waals surface area contributed by atoms with E-state index in [4.69, 9.17) is 14.7 Å². The summed E-state index contributed by atoms with van der Waals surface area (Å²) in [6.45, 7) is 2.51. The Labute approximate surface area is 176 Å². The minimum Gasteiger partial charge on any atom is -0.362 e. The standard InChI is InChI=1S/C25H23N3O2/c1-2-29-25-21-22(18-12-6-3-7-13-18)26-28(20-16-10-5-11-17-20)24(21)23(27-30-25)19-14-8-4-9-15-19/h3-17,21,24-25H,2H2,1H3/t21-,24+,25-/m1/s1. The highest BCUT2D eigenvalue weighted by molar-refractivity contribution is 6.15. The van der Waals surface area contributed by atoms with Crippen LogP contribution in [0.5, 0.6) is 0 Å². The predicted octanol–water partition coefficient (Wildman–Crippen LogP) is 4.69. The monoisotopic (exact) mass is 397 g/mol. The summed E-state index contributed by atoms with van der Waals surface area (Å²) in [5, 5.41) is 11.7. The molecule has 0 amide bonds. The lowest BCUT2D eigenvalue weighted by molar-refractivity contribution is -0.162. The van der Waals surface area contributed by atoms with Gasteiger partial charge >= 0.3 is 0 Å². The summed E-state index contributed by atoms with van der Waals surface area (Å²) in [5.41, 5.74) is 4.90. The van der Waals surface area contributed by atoms with Gasteiger partial charge < -0.3 is 9.57 Å². The van der Waals surface area contributed by atoms with E-state index < -0.39 is 6.29 Å². The van der Waals surface area contributed by atoms with E-state index in [-0.39, 0.29) is 12.0 Å². The minimum absolute atomic E-state index is 0.111. The first-order valence-electron chi connectivity index (χ1n) is 10.3. The number of para-hydroxylation sites is 1. The number of ether oxygens (including phenoxy) is 1. The maximum atomic E-state index is 5.98. The van der Waals surface area contributed by atoms with E-state index >= 15 is 0 Å². The fraction of sp³-hybridized carbons (Fsp3) is 0.200. The van der Waals surface area contributed by atoms with Crippen LogP contribution >= 0.6 is 0 Å². The molecular weight excluding hydrogens is 374 g/mol. The summed E-state index contributed by atoms with van der Waals surface area (Å²) >= 11 is 0. The van der Waals surface area contributed by atoms with Gasteiger partial charge in [0.1, 0.15) is 11.8 Å².